The van der Waals surface area contributed by atoms with E-state index in [2.05, 4.69) is 111 Å². The van der Waals surface area contributed by atoms with E-state index >= 15 is 0 Å². The standard InChI is InChI=1S/C35H30N3O.C12H9FN.Ir/c1-20(2)23-14-10-15-24(21(3)4)33(23)38-32-22(5)36-29-18-8-6-13-27(29)31(32)37-35(38)28-17-11-16-26-25-12-7-9-19-30(25)39-34(26)28;1-9-2-7-12(14-8-9)10-3-5-11(13)6-4-10;/h6-16,18-21H,1-5H3;2-3,5-8H,1H3;/q2*-1;/i;1D3;. The Morgan fingerprint density at radius 1 is 0.778 bits per heavy atom. The Morgan fingerprint density at radius 3 is 2.20 bits per heavy atom. The smallest absolute Gasteiger partial charge is 0.120 e. The third-order valence-electron chi connectivity index (χ3n) is 9.61. The number of benzene rings is 5. The molecule has 9 aromatic rings. The molecule has 0 aliphatic rings. The Bertz CT molecular complexity index is 2850. The minimum Gasteiger partial charge on any atom is -0.501 e. The van der Waals surface area contributed by atoms with Crippen molar-refractivity contribution in [1.29, 1.82) is 0 Å². The SMILES string of the molecule is Cc1nc2ccccc2c2nc(-c3[c-]ccc4c3oc3ccccc34)n(-c3c(C(C)C)cccc3C(C)C)c12.[2H]C([2H])([2H])c1ccc(-c2[c-]cc(F)cc2)nc1.[Ir]. The van der Waals surface area contributed by atoms with E-state index in [4.69, 9.17) is 18.5 Å². The number of fused-ring (bicyclic) bond motifs is 6. The van der Waals surface area contributed by atoms with E-state index in [1.54, 1.807) is 12.1 Å². The summed E-state index contributed by atoms with van der Waals surface area (Å²) in [6.07, 6.45) is 1.31. The molecule has 0 bridgehead atoms. The van der Waals surface area contributed by atoms with Crippen molar-refractivity contribution in [1.82, 2.24) is 19.5 Å². The molecule has 1 radical (unpaired) electrons. The van der Waals surface area contributed by atoms with Crippen molar-refractivity contribution in [3.8, 4) is 28.3 Å². The monoisotopic (exact) mass is 890 g/mol. The molecule has 4 aromatic heterocycles. The molecule has 9 rings (SSSR count). The average molecular weight is 890 g/mol. The largest absolute Gasteiger partial charge is 0.501 e. The van der Waals surface area contributed by atoms with Gasteiger partial charge in [-0.3, -0.25) is 14.4 Å². The van der Waals surface area contributed by atoms with Crippen LogP contribution in [0.5, 0.6) is 0 Å². The van der Waals surface area contributed by atoms with Crippen LogP contribution in [0.25, 0.3) is 72.2 Å². The van der Waals surface area contributed by atoms with Crippen LogP contribution in [0.4, 0.5) is 4.39 Å². The van der Waals surface area contributed by atoms with E-state index in [1.807, 2.05) is 24.3 Å². The molecule has 0 saturated heterocycles. The molecular weight excluding hydrogens is 848 g/mol. The van der Waals surface area contributed by atoms with Crippen LogP contribution in [0.15, 0.2) is 120 Å². The van der Waals surface area contributed by atoms with Gasteiger partial charge in [-0.05, 0) is 60.1 Å². The maximum absolute atomic E-state index is 12.7. The molecule has 0 unspecified atom stereocenters. The number of hydrogen-bond donors (Lipinski definition) is 0. The van der Waals surface area contributed by atoms with E-state index in [9.17, 15) is 4.39 Å². The van der Waals surface area contributed by atoms with Crippen molar-refractivity contribution >= 4 is 43.9 Å². The second kappa shape index (κ2) is 15.1. The summed E-state index contributed by atoms with van der Waals surface area (Å²) in [4.78, 5) is 14.5. The maximum atomic E-state index is 12.7. The maximum Gasteiger partial charge on any atom is 0.120 e. The predicted octanol–water partition coefficient (Wildman–Crippen LogP) is 12.5. The quantitative estimate of drug-likeness (QED) is 0.162. The fraction of sp³-hybridized carbons (Fsp3) is 0.170. The van der Waals surface area contributed by atoms with Crippen LogP contribution in [0.2, 0.25) is 0 Å². The first kappa shape index (κ1) is 33.1. The minimum atomic E-state index is -2.15. The molecule has 0 aliphatic carbocycles. The topological polar surface area (TPSA) is 56.7 Å². The van der Waals surface area contributed by atoms with Crippen LogP contribution in [0.3, 0.4) is 0 Å². The number of hydrogen-bond acceptors (Lipinski definition) is 4. The first-order valence-electron chi connectivity index (χ1n) is 19.3. The summed E-state index contributed by atoms with van der Waals surface area (Å²) in [6.45, 7) is 8.97. The van der Waals surface area contributed by atoms with E-state index in [0.717, 1.165) is 61.0 Å². The van der Waals surface area contributed by atoms with Gasteiger partial charge in [0.15, 0.2) is 0 Å². The number of imidazole rings is 1. The molecule has 0 aliphatic heterocycles. The van der Waals surface area contributed by atoms with Crippen LogP contribution >= 0.6 is 0 Å². The third-order valence-corrected chi connectivity index (χ3v) is 9.61. The van der Waals surface area contributed by atoms with Crippen LogP contribution in [0, 0.1) is 31.7 Å². The normalized spacial score (nSPS) is 12.5. The Morgan fingerprint density at radius 2 is 1.52 bits per heavy atom. The van der Waals surface area contributed by atoms with Crippen molar-refractivity contribution in [3.63, 3.8) is 0 Å². The van der Waals surface area contributed by atoms with Crippen molar-refractivity contribution in [2.75, 3.05) is 0 Å². The van der Waals surface area contributed by atoms with E-state index in [1.165, 1.54) is 41.2 Å². The zero-order chi connectivity index (χ0) is 39.3. The summed E-state index contributed by atoms with van der Waals surface area (Å²) in [6, 6.07) is 40.6. The summed E-state index contributed by atoms with van der Waals surface area (Å²) in [5.74, 6) is 1.10. The number of halogens is 1. The summed E-state index contributed by atoms with van der Waals surface area (Å²) in [7, 11) is 0. The summed E-state index contributed by atoms with van der Waals surface area (Å²) in [5.41, 5.74) is 11.5. The molecule has 54 heavy (non-hydrogen) atoms. The number of aromatic nitrogens is 4. The number of rotatable bonds is 5. The number of aryl methyl sites for hydroxylation is 2. The molecule has 0 spiro atoms. The van der Waals surface area contributed by atoms with Gasteiger partial charge in [0.2, 0.25) is 0 Å². The Balaban J connectivity index is 0.000000232. The van der Waals surface area contributed by atoms with E-state index < -0.39 is 6.85 Å². The number of pyridine rings is 2. The van der Waals surface area contributed by atoms with Gasteiger partial charge in [0.25, 0.3) is 0 Å². The first-order chi connectivity index (χ1) is 26.9. The van der Waals surface area contributed by atoms with Crippen LogP contribution in [-0.2, 0) is 20.1 Å². The van der Waals surface area contributed by atoms with Crippen LogP contribution in [0.1, 0.15) is 66.0 Å². The first-order valence-corrected chi connectivity index (χ1v) is 17.8. The zero-order valence-corrected chi connectivity index (χ0v) is 32.9. The molecule has 4 heterocycles. The molecule has 0 N–H and O–H groups in total. The van der Waals surface area contributed by atoms with Gasteiger partial charge >= 0.3 is 0 Å². The van der Waals surface area contributed by atoms with Crippen LogP contribution in [-0.4, -0.2) is 19.5 Å². The van der Waals surface area contributed by atoms with E-state index in [0.29, 0.717) is 23.1 Å². The molecule has 5 aromatic carbocycles. The minimum absolute atomic E-state index is 0. The molecule has 0 saturated carbocycles. The van der Waals surface area contributed by atoms with Gasteiger partial charge in [0, 0.05) is 52.7 Å². The van der Waals surface area contributed by atoms with Crippen LogP contribution < -0.4 is 0 Å². The number of para-hydroxylation sites is 3. The third kappa shape index (κ3) is 6.63. The molecule has 0 amide bonds. The Hall–Kier alpha value is -5.49. The predicted molar refractivity (Wildman–Crippen MR) is 214 cm³/mol. The van der Waals surface area contributed by atoms with Gasteiger partial charge < -0.3 is 14.0 Å². The summed E-state index contributed by atoms with van der Waals surface area (Å²) >= 11 is 0. The number of furan rings is 1. The molecule has 0 fully saturated rings. The molecular formula is C47H39FIrN4O-2. The molecule has 0 atom stereocenters. The zero-order valence-electron chi connectivity index (χ0n) is 33.5. The molecule has 7 heteroatoms. The van der Waals surface area contributed by atoms with Crippen molar-refractivity contribution < 1.29 is 33.0 Å². The fourth-order valence-corrected chi connectivity index (χ4v) is 7.08. The van der Waals surface area contributed by atoms with E-state index in [-0.39, 0.29) is 31.5 Å². The van der Waals surface area contributed by atoms with Crippen molar-refractivity contribution in [3.05, 3.63) is 156 Å². The molecule has 5 nitrogen and oxygen atoms in total. The molecule has 271 valence electrons. The second-order valence-corrected chi connectivity index (χ2v) is 13.8. The van der Waals surface area contributed by atoms with Gasteiger partial charge in [-0.1, -0.05) is 105 Å². The van der Waals surface area contributed by atoms with Crippen molar-refractivity contribution in [2.24, 2.45) is 0 Å². The van der Waals surface area contributed by atoms with Crippen molar-refractivity contribution in [2.45, 2.75) is 53.3 Å². The van der Waals surface area contributed by atoms with Gasteiger partial charge in [-0.25, -0.2) is 0 Å². The summed E-state index contributed by atoms with van der Waals surface area (Å²) < 4.78 is 43.2. The Kier molecular flexibility index (Phi) is 9.25. The Labute approximate surface area is 332 Å². The van der Waals surface area contributed by atoms with Gasteiger partial charge in [0.05, 0.1) is 33.7 Å². The number of nitrogens with zero attached hydrogens (tertiary/aromatic N) is 4. The second-order valence-electron chi connectivity index (χ2n) is 13.8. The average Bonchev–Trinajstić information content (AvgIpc) is 3.78. The summed E-state index contributed by atoms with van der Waals surface area (Å²) in [5, 5.41) is 3.21. The van der Waals surface area contributed by atoms with Gasteiger partial charge in [0.1, 0.15) is 5.58 Å². The van der Waals surface area contributed by atoms with Gasteiger partial charge in [-0.2, -0.15) is 0 Å². The fourth-order valence-electron chi connectivity index (χ4n) is 7.08. The van der Waals surface area contributed by atoms with Gasteiger partial charge in [-0.15, -0.1) is 48.0 Å².